The number of pyridine rings is 1. The minimum atomic E-state index is -0.195. The molecular formula is C22H31N3O2. The van der Waals surface area contributed by atoms with E-state index in [1.807, 2.05) is 58.0 Å². The number of carbonyl (C=O) groups is 1. The van der Waals surface area contributed by atoms with Crippen LogP contribution < -0.4 is 10.9 Å². The van der Waals surface area contributed by atoms with Crippen molar-refractivity contribution in [3.63, 3.8) is 0 Å². The van der Waals surface area contributed by atoms with Crippen molar-refractivity contribution in [3.05, 3.63) is 83.4 Å². The second kappa shape index (κ2) is 13.2. The number of fused-ring (bicyclic) bond motifs is 1. The number of nitrogens with zero attached hydrogens (tertiary/aromatic N) is 1. The van der Waals surface area contributed by atoms with Gasteiger partial charge in [-0.15, -0.1) is 13.2 Å². The largest absolute Gasteiger partial charge is 0.357 e. The lowest BCUT2D eigenvalue weighted by molar-refractivity contribution is 0.0952. The first-order valence-electron chi connectivity index (χ1n) is 9.15. The maximum atomic E-state index is 12.4. The first-order valence-corrected chi connectivity index (χ1v) is 9.15. The first kappa shape index (κ1) is 23.9. The van der Waals surface area contributed by atoms with Crippen LogP contribution in [0.1, 0.15) is 43.6 Å². The van der Waals surface area contributed by atoms with Crippen LogP contribution in [0.4, 0.5) is 0 Å². The summed E-state index contributed by atoms with van der Waals surface area (Å²) in [5.74, 6) is -0.195. The first-order chi connectivity index (χ1) is 13.2. The van der Waals surface area contributed by atoms with Crippen molar-refractivity contribution in [1.82, 2.24) is 14.9 Å². The molecule has 5 heteroatoms. The number of H-pyrrole nitrogens is 1. The van der Waals surface area contributed by atoms with E-state index in [0.29, 0.717) is 23.0 Å². The number of nitrogens with one attached hydrogen (secondary N) is 2. The molecule has 2 heterocycles. The summed E-state index contributed by atoms with van der Waals surface area (Å²) in [5, 5.41) is 3.52. The zero-order valence-corrected chi connectivity index (χ0v) is 17.0. The number of benzene rings is 1. The lowest BCUT2D eigenvalue weighted by Gasteiger charge is -2.08. The van der Waals surface area contributed by atoms with Gasteiger partial charge in [0.1, 0.15) is 5.52 Å². The normalized spacial score (nSPS) is 8.93. The van der Waals surface area contributed by atoms with Crippen LogP contribution in [0.15, 0.2) is 66.7 Å². The molecule has 2 N–H and O–H groups in total. The molecule has 0 saturated carbocycles. The maximum absolute atomic E-state index is 12.4. The Kier molecular flexibility index (Phi) is 11.7. The van der Waals surface area contributed by atoms with Crippen LogP contribution in [0, 0.1) is 0 Å². The third-order valence-electron chi connectivity index (χ3n) is 3.43. The van der Waals surface area contributed by atoms with Crippen molar-refractivity contribution in [1.29, 1.82) is 0 Å². The van der Waals surface area contributed by atoms with E-state index in [1.165, 1.54) is 4.57 Å². The zero-order valence-electron chi connectivity index (χ0n) is 17.0. The lowest BCUT2D eigenvalue weighted by atomic mass is 10.1. The van der Waals surface area contributed by atoms with Crippen molar-refractivity contribution in [2.75, 3.05) is 0 Å². The fourth-order valence-electron chi connectivity index (χ4n) is 2.32. The van der Waals surface area contributed by atoms with Crippen LogP contribution in [0.25, 0.3) is 10.9 Å². The number of aryl methyl sites for hydroxylation is 1. The molecule has 0 saturated heterocycles. The Labute approximate surface area is 161 Å². The summed E-state index contributed by atoms with van der Waals surface area (Å²) in [4.78, 5) is 27.2. The molecular weight excluding hydrogens is 338 g/mol. The molecule has 2 aromatic heterocycles. The molecule has 146 valence electrons. The molecule has 27 heavy (non-hydrogen) atoms. The second-order valence-corrected chi connectivity index (χ2v) is 4.89. The molecule has 0 spiro atoms. The Morgan fingerprint density at radius 2 is 1.67 bits per heavy atom. The van der Waals surface area contributed by atoms with Gasteiger partial charge in [-0.3, -0.25) is 9.59 Å². The Morgan fingerprint density at radius 3 is 2.26 bits per heavy atom. The van der Waals surface area contributed by atoms with Gasteiger partial charge >= 0.3 is 0 Å². The molecule has 3 aromatic rings. The van der Waals surface area contributed by atoms with Gasteiger partial charge in [-0.25, -0.2) is 0 Å². The fourth-order valence-corrected chi connectivity index (χ4v) is 2.32. The van der Waals surface area contributed by atoms with Crippen LogP contribution in [0.3, 0.4) is 0 Å². The predicted octanol–water partition coefficient (Wildman–Crippen LogP) is 4.65. The van der Waals surface area contributed by atoms with Gasteiger partial charge in [0.15, 0.2) is 0 Å². The Hall–Kier alpha value is -3.08. The average molecular weight is 370 g/mol. The van der Waals surface area contributed by atoms with E-state index in [9.17, 15) is 9.59 Å². The zero-order chi connectivity index (χ0) is 20.8. The van der Waals surface area contributed by atoms with E-state index < -0.39 is 0 Å². The molecule has 0 unspecified atom stereocenters. The molecule has 1 aromatic carbocycles. The van der Waals surface area contributed by atoms with Crippen molar-refractivity contribution >= 4 is 16.8 Å². The summed E-state index contributed by atoms with van der Waals surface area (Å²) in [6.45, 7) is 14.5. The van der Waals surface area contributed by atoms with Gasteiger partial charge in [0.25, 0.3) is 11.5 Å². The quantitative estimate of drug-likeness (QED) is 0.660. The standard InChI is InChI=1S/C16H15N3O2.2C2H6.C2H4/c1-19-10-13(12-7-8-17-14(12)16(19)21)15(20)18-9-11-5-3-2-4-6-11;3*1-2/h2-8,10,17H,9H2,1H3,(H,18,20);2*1-2H3;1-2H2. The number of aromatic nitrogens is 2. The van der Waals surface area contributed by atoms with Gasteiger partial charge in [-0.05, 0) is 11.6 Å². The molecule has 5 nitrogen and oxygen atoms in total. The molecule has 0 aliphatic heterocycles. The van der Waals surface area contributed by atoms with Crippen LogP contribution in [-0.2, 0) is 13.6 Å². The van der Waals surface area contributed by atoms with E-state index in [1.54, 1.807) is 25.5 Å². The van der Waals surface area contributed by atoms with Crippen LogP contribution in [0.2, 0.25) is 0 Å². The minimum Gasteiger partial charge on any atom is -0.357 e. The van der Waals surface area contributed by atoms with E-state index in [0.717, 1.165) is 5.56 Å². The minimum absolute atomic E-state index is 0.144. The van der Waals surface area contributed by atoms with Gasteiger partial charge in [0.05, 0.1) is 5.56 Å². The van der Waals surface area contributed by atoms with Crippen molar-refractivity contribution in [3.8, 4) is 0 Å². The number of aromatic amines is 1. The monoisotopic (exact) mass is 369 g/mol. The average Bonchev–Trinajstić information content (AvgIpc) is 3.24. The molecule has 0 atom stereocenters. The summed E-state index contributed by atoms with van der Waals surface area (Å²) in [6, 6.07) is 11.4. The molecule has 0 bridgehead atoms. The Bertz CT molecular complexity index is 864. The summed E-state index contributed by atoms with van der Waals surface area (Å²) in [6.07, 6.45) is 3.23. The Morgan fingerprint density at radius 1 is 1.07 bits per heavy atom. The van der Waals surface area contributed by atoms with Gasteiger partial charge in [0.2, 0.25) is 0 Å². The molecule has 0 aliphatic carbocycles. The highest BCUT2D eigenvalue weighted by molar-refractivity contribution is 6.05. The summed E-state index contributed by atoms with van der Waals surface area (Å²) in [5.41, 5.74) is 1.82. The highest BCUT2D eigenvalue weighted by Crippen LogP contribution is 2.14. The van der Waals surface area contributed by atoms with E-state index in [4.69, 9.17) is 0 Å². The topological polar surface area (TPSA) is 66.9 Å². The highest BCUT2D eigenvalue weighted by Gasteiger charge is 2.14. The summed E-state index contributed by atoms with van der Waals surface area (Å²) in [7, 11) is 1.64. The Balaban J connectivity index is 0.00000103. The number of hydrogen-bond donors (Lipinski definition) is 2. The maximum Gasteiger partial charge on any atom is 0.274 e. The number of carbonyl (C=O) groups excluding carboxylic acids is 1. The number of rotatable bonds is 3. The van der Waals surface area contributed by atoms with E-state index >= 15 is 0 Å². The van der Waals surface area contributed by atoms with Gasteiger partial charge in [-0.2, -0.15) is 0 Å². The van der Waals surface area contributed by atoms with E-state index in [2.05, 4.69) is 23.5 Å². The lowest BCUT2D eigenvalue weighted by Crippen LogP contribution is -2.26. The van der Waals surface area contributed by atoms with Crippen molar-refractivity contribution in [2.24, 2.45) is 7.05 Å². The molecule has 0 radical (unpaired) electrons. The van der Waals surface area contributed by atoms with Gasteiger partial charge < -0.3 is 14.9 Å². The van der Waals surface area contributed by atoms with Crippen LogP contribution in [-0.4, -0.2) is 15.5 Å². The fraction of sp³-hybridized carbons (Fsp3) is 0.273. The van der Waals surface area contributed by atoms with Crippen molar-refractivity contribution < 1.29 is 4.79 Å². The SMILES string of the molecule is C=C.CC.CC.Cn1cc(C(=O)NCc2ccccc2)c2cc[nH]c2c1=O. The highest BCUT2D eigenvalue weighted by atomic mass is 16.2. The molecule has 0 aliphatic rings. The molecule has 1 amide bonds. The molecule has 0 fully saturated rings. The van der Waals surface area contributed by atoms with Gasteiger partial charge in [-0.1, -0.05) is 58.0 Å². The number of amides is 1. The third-order valence-corrected chi connectivity index (χ3v) is 3.43. The third kappa shape index (κ3) is 6.29. The number of hydrogen-bond acceptors (Lipinski definition) is 2. The van der Waals surface area contributed by atoms with Crippen LogP contribution >= 0.6 is 0 Å². The summed E-state index contributed by atoms with van der Waals surface area (Å²) < 4.78 is 1.41. The van der Waals surface area contributed by atoms with Crippen LogP contribution in [0.5, 0.6) is 0 Å². The van der Waals surface area contributed by atoms with Gasteiger partial charge in [0, 0.05) is 31.4 Å². The van der Waals surface area contributed by atoms with E-state index in [-0.39, 0.29) is 11.5 Å². The summed E-state index contributed by atoms with van der Waals surface area (Å²) >= 11 is 0. The molecule has 3 rings (SSSR count). The second-order valence-electron chi connectivity index (χ2n) is 4.89. The smallest absolute Gasteiger partial charge is 0.274 e. The van der Waals surface area contributed by atoms with Crippen molar-refractivity contribution in [2.45, 2.75) is 34.2 Å². The predicted molar refractivity (Wildman–Crippen MR) is 115 cm³/mol.